The van der Waals surface area contributed by atoms with Crippen LogP contribution in [0.5, 0.6) is 0 Å². The molecule has 0 unspecified atom stereocenters. The van der Waals surface area contributed by atoms with Crippen LogP contribution >= 0.6 is 0 Å². The van der Waals surface area contributed by atoms with E-state index >= 15 is 0 Å². The third kappa shape index (κ3) is 22.5. The van der Waals surface area contributed by atoms with E-state index in [2.05, 4.69) is 0 Å². The number of carboxylic acids is 4. The molecule has 77 valence electrons. The first kappa shape index (κ1) is 23.1. The summed E-state index contributed by atoms with van der Waals surface area (Å²) in [6.45, 7) is 0. The molecule has 0 saturated carbocycles. The topological polar surface area (TPSA) is 161 Å². The van der Waals surface area contributed by atoms with Gasteiger partial charge in [-0.05, 0) is 0 Å². The van der Waals surface area contributed by atoms with Crippen LogP contribution in [-0.2, 0) is 55.7 Å². The fraction of sp³-hybridized carbons (Fsp3) is 0. The van der Waals surface area contributed by atoms with Gasteiger partial charge in [-0.2, -0.15) is 0 Å². The summed E-state index contributed by atoms with van der Waals surface area (Å²) in [4.78, 5) is 35.7. The zero-order valence-corrected chi connectivity index (χ0v) is 10.2. The molecule has 0 aliphatic heterocycles. The standard InChI is InChI=1S/2C2H2O4.Cu.Zn/c2*3-1(4)2(5)6;;/h2*(H,3,4)(H,5,6);;/q;;2*+2/p-4. The predicted octanol–water partition coefficient (Wildman–Crippen LogP) is -7.03. The summed E-state index contributed by atoms with van der Waals surface area (Å²) >= 11 is 0. The van der Waals surface area contributed by atoms with Crippen molar-refractivity contribution in [3.63, 3.8) is 0 Å². The Kier molecular flexibility index (Phi) is 19.9. The molecular formula is C4CuO8Zn. The smallest absolute Gasteiger partial charge is 0.543 e. The van der Waals surface area contributed by atoms with Gasteiger partial charge >= 0.3 is 36.5 Å². The molecule has 0 saturated heterocycles. The Bertz CT molecular complexity index is 177. The Morgan fingerprint density at radius 1 is 0.571 bits per heavy atom. The van der Waals surface area contributed by atoms with Crippen LogP contribution < -0.4 is 20.4 Å². The fourth-order valence-electron chi connectivity index (χ4n) is 0. The molecule has 14 heavy (non-hydrogen) atoms. The Hall–Kier alpha value is -0.977. The van der Waals surface area contributed by atoms with Crippen LogP contribution in [0.4, 0.5) is 0 Å². The monoisotopic (exact) mass is 303 g/mol. The molecule has 1 radical (unpaired) electrons. The van der Waals surface area contributed by atoms with Gasteiger partial charge in [-0.3, -0.25) is 0 Å². The van der Waals surface area contributed by atoms with Crippen molar-refractivity contribution in [1.82, 2.24) is 0 Å². The third-order valence-electron chi connectivity index (χ3n) is 0.333. The second-order valence-corrected chi connectivity index (χ2v) is 1.15. The van der Waals surface area contributed by atoms with Crippen molar-refractivity contribution in [2.75, 3.05) is 0 Å². The van der Waals surface area contributed by atoms with E-state index in [0.29, 0.717) is 0 Å². The largest absolute Gasteiger partial charge is 2.00 e. The fourth-order valence-corrected chi connectivity index (χ4v) is 0. The van der Waals surface area contributed by atoms with E-state index in [1.165, 1.54) is 0 Å². The van der Waals surface area contributed by atoms with E-state index in [1.807, 2.05) is 0 Å². The van der Waals surface area contributed by atoms with Crippen molar-refractivity contribution in [3.8, 4) is 0 Å². The maximum atomic E-state index is 8.93. The number of carbonyl (C=O) groups excluding carboxylic acids is 4. The van der Waals surface area contributed by atoms with Crippen LogP contribution in [0.3, 0.4) is 0 Å². The summed E-state index contributed by atoms with van der Waals surface area (Å²) in [5, 5.41) is 35.7. The summed E-state index contributed by atoms with van der Waals surface area (Å²) in [7, 11) is 0. The molecule has 10 heteroatoms. The van der Waals surface area contributed by atoms with Gasteiger partial charge in [0.25, 0.3) is 0 Å². The molecule has 0 aliphatic rings. The molecule has 0 N–H and O–H groups in total. The van der Waals surface area contributed by atoms with Crippen molar-refractivity contribution >= 4 is 23.9 Å². The average molecular weight is 305 g/mol. The average Bonchev–Trinajstić information content (AvgIpc) is 1.88. The van der Waals surface area contributed by atoms with Gasteiger partial charge in [0, 0.05) is 0 Å². The van der Waals surface area contributed by atoms with E-state index in [0.717, 1.165) is 0 Å². The SMILES string of the molecule is O=C([O-])C(=O)[O-].O=C([O-])C(=O)[O-].[Cu+2].[Zn+2]. The molecule has 0 spiro atoms. The Morgan fingerprint density at radius 2 is 0.643 bits per heavy atom. The van der Waals surface area contributed by atoms with E-state index < -0.39 is 23.9 Å². The zero-order valence-electron chi connectivity index (χ0n) is 6.27. The van der Waals surface area contributed by atoms with Crippen molar-refractivity contribution in [3.05, 3.63) is 0 Å². The van der Waals surface area contributed by atoms with E-state index in [-0.39, 0.29) is 36.5 Å². The molecular weight excluding hydrogens is 305 g/mol. The summed E-state index contributed by atoms with van der Waals surface area (Å²) in [6, 6.07) is 0. The molecule has 0 heterocycles. The summed E-state index contributed by atoms with van der Waals surface area (Å²) in [5.41, 5.74) is 0. The molecule has 0 rings (SSSR count). The van der Waals surface area contributed by atoms with E-state index in [1.54, 1.807) is 0 Å². The normalized spacial score (nSPS) is 6.29. The van der Waals surface area contributed by atoms with Gasteiger partial charge in [0.1, 0.15) is 0 Å². The number of hydrogen-bond acceptors (Lipinski definition) is 8. The molecule has 0 amide bonds. The second-order valence-electron chi connectivity index (χ2n) is 1.15. The quantitative estimate of drug-likeness (QED) is 0.315. The van der Waals surface area contributed by atoms with Gasteiger partial charge in [0.05, 0.1) is 23.9 Å². The number of hydrogen-bond donors (Lipinski definition) is 0. The number of carboxylic acid groups (broad SMARTS) is 4. The van der Waals surface area contributed by atoms with Crippen LogP contribution in [-0.4, -0.2) is 23.9 Å². The van der Waals surface area contributed by atoms with Crippen LogP contribution in [0.25, 0.3) is 0 Å². The first-order chi connectivity index (χ1) is 5.29. The van der Waals surface area contributed by atoms with Crippen molar-refractivity contribution in [1.29, 1.82) is 0 Å². The summed E-state index contributed by atoms with van der Waals surface area (Å²) in [5.74, 6) is -8.74. The molecule has 0 fully saturated rings. The summed E-state index contributed by atoms with van der Waals surface area (Å²) < 4.78 is 0. The van der Waals surface area contributed by atoms with E-state index in [9.17, 15) is 0 Å². The zero-order chi connectivity index (χ0) is 10.3. The third-order valence-corrected chi connectivity index (χ3v) is 0.333. The Balaban J connectivity index is -0.0000000625. The van der Waals surface area contributed by atoms with Crippen molar-refractivity contribution in [2.24, 2.45) is 0 Å². The second kappa shape index (κ2) is 12.0. The number of rotatable bonds is 0. The molecule has 0 bridgehead atoms. The van der Waals surface area contributed by atoms with Gasteiger partial charge in [-0.1, -0.05) is 0 Å². The molecule has 0 aromatic carbocycles. The van der Waals surface area contributed by atoms with Crippen LogP contribution in [0.1, 0.15) is 0 Å². The maximum absolute atomic E-state index is 8.93. The van der Waals surface area contributed by atoms with Gasteiger partial charge in [0.15, 0.2) is 0 Å². The van der Waals surface area contributed by atoms with Crippen molar-refractivity contribution < 1.29 is 76.2 Å². The molecule has 0 aliphatic carbocycles. The van der Waals surface area contributed by atoms with E-state index in [4.69, 9.17) is 39.6 Å². The molecule has 0 atom stereocenters. The first-order valence-electron chi connectivity index (χ1n) is 2.13. The Morgan fingerprint density at radius 3 is 0.643 bits per heavy atom. The number of aliphatic carboxylic acids is 4. The minimum absolute atomic E-state index is 0. The van der Waals surface area contributed by atoms with Crippen LogP contribution in [0.2, 0.25) is 0 Å². The van der Waals surface area contributed by atoms with Gasteiger partial charge in [-0.25, -0.2) is 0 Å². The van der Waals surface area contributed by atoms with Gasteiger partial charge in [-0.15, -0.1) is 0 Å². The molecule has 0 aromatic heterocycles. The van der Waals surface area contributed by atoms with Gasteiger partial charge < -0.3 is 39.6 Å². The van der Waals surface area contributed by atoms with Crippen LogP contribution in [0, 0.1) is 0 Å². The maximum Gasteiger partial charge on any atom is 2.00 e. The Labute approximate surface area is 100 Å². The summed E-state index contributed by atoms with van der Waals surface area (Å²) in [6.07, 6.45) is 0. The minimum atomic E-state index is -2.19. The molecule has 8 nitrogen and oxygen atoms in total. The van der Waals surface area contributed by atoms with Gasteiger partial charge in [0.2, 0.25) is 0 Å². The number of carbonyl (C=O) groups is 4. The van der Waals surface area contributed by atoms with Crippen molar-refractivity contribution in [2.45, 2.75) is 0 Å². The van der Waals surface area contributed by atoms with Crippen LogP contribution in [0.15, 0.2) is 0 Å². The minimum Gasteiger partial charge on any atom is -0.543 e. The first-order valence-corrected chi connectivity index (χ1v) is 2.13. The predicted molar refractivity (Wildman–Crippen MR) is 20.0 cm³/mol. The molecule has 0 aromatic rings.